The van der Waals surface area contributed by atoms with E-state index in [1.165, 1.54) is 11.1 Å². The fraction of sp³-hybridized carbons (Fsp3) is 0.462. The molecule has 0 atom stereocenters. The van der Waals surface area contributed by atoms with Crippen LogP contribution in [-0.4, -0.2) is 47.0 Å². The summed E-state index contributed by atoms with van der Waals surface area (Å²) in [7, 11) is 0. The number of aryl methyl sites for hydroxylation is 1. The fourth-order valence-corrected chi connectivity index (χ4v) is 5.78. The van der Waals surface area contributed by atoms with E-state index in [0.29, 0.717) is 5.92 Å². The molecule has 6 heteroatoms. The second-order valence-electron chi connectivity index (χ2n) is 9.51. The van der Waals surface area contributed by atoms with Gasteiger partial charge in [0.2, 0.25) is 5.91 Å². The Labute approximate surface area is 201 Å². The van der Waals surface area contributed by atoms with E-state index in [0.717, 1.165) is 61.8 Å². The number of hydrogen-bond acceptors (Lipinski definition) is 3. The van der Waals surface area contributed by atoms with Gasteiger partial charge in [-0.2, -0.15) is 11.3 Å². The Hall–Kier alpha value is -2.18. The minimum absolute atomic E-state index is 0.124. The number of piperidine rings is 1. The van der Waals surface area contributed by atoms with Gasteiger partial charge in [0.25, 0.3) is 0 Å². The molecule has 1 aromatic heterocycles. The number of anilines is 1. The maximum absolute atomic E-state index is 12.6. The highest BCUT2D eigenvalue weighted by Gasteiger charge is 2.41. The molecule has 1 amide bonds. The number of carbonyl (C=O) groups is 1. The van der Waals surface area contributed by atoms with Crippen LogP contribution in [0.25, 0.3) is 6.08 Å². The van der Waals surface area contributed by atoms with Crippen molar-refractivity contribution in [1.29, 1.82) is 0 Å². The molecule has 1 N–H and O–H groups in total. The van der Waals surface area contributed by atoms with Crippen LogP contribution in [0.1, 0.15) is 55.7 Å². The number of thiocarbonyl (C=S) groups is 1. The quantitative estimate of drug-likeness (QED) is 0.448. The maximum atomic E-state index is 12.6. The van der Waals surface area contributed by atoms with Crippen molar-refractivity contribution >= 4 is 46.3 Å². The van der Waals surface area contributed by atoms with Gasteiger partial charge in [-0.25, -0.2) is 0 Å². The molecule has 2 fully saturated rings. The third-order valence-corrected chi connectivity index (χ3v) is 8.04. The van der Waals surface area contributed by atoms with E-state index in [2.05, 4.69) is 54.6 Å². The lowest BCUT2D eigenvalue weighted by atomic mass is 9.78. The smallest absolute Gasteiger partial charge is 0.246 e. The number of benzene rings is 1. The molecule has 3 heterocycles. The zero-order valence-corrected chi connectivity index (χ0v) is 20.9. The van der Waals surface area contributed by atoms with E-state index in [4.69, 9.17) is 12.2 Å². The maximum Gasteiger partial charge on any atom is 0.246 e. The standard InChI is InChI=1S/C26H33N3OS2/c1-19(2)22-6-4-5-20(3)24(22)27-25(31)29-15-12-26(18-29)10-13-28(14-11-26)23(30)8-7-21-9-16-32-17-21/h4-9,16-17,19H,10-15,18H2,1-3H3,(H,27,31)/b8-7+. The first kappa shape index (κ1) is 23.0. The van der Waals surface area contributed by atoms with Crippen LogP contribution in [0.15, 0.2) is 41.1 Å². The topological polar surface area (TPSA) is 35.6 Å². The number of thiophene rings is 1. The molecule has 0 aliphatic carbocycles. The third-order valence-electron chi connectivity index (χ3n) is 6.98. The van der Waals surface area contributed by atoms with Crippen LogP contribution >= 0.6 is 23.6 Å². The first-order valence-corrected chi connectivity index (χ1v) is 12.9. The Morgan fingerprint density at radius 1 is 1.16 bits per heavy atom. The van der Waals surface area contributed by atoms with Crippen molar-refractivity contribution in [2.45, 2.75) is 46.0 Å². The summed E-state index contributed by atoms with van der Waals surface area (Å²) in [4.78, 5) is 16.9. The zero-order valence-electron chi connectivity index (χ0n) is 19.3. The molecular formula is C26H33N3OS2. The molecule has 2 aliphatic heterocycles. The number of nitrogens with one attached hydrogen (secondary N) is 1. The summed E-state index contributed by atoms with van der Waals surface area (Å²) < 4.78 is 0. The van der Waals surface area contributed by atoms with Crippen molar-refractivity contribution in [3.63, 3.8) is 0 Å². The van der Waals surface area contributed by atoms with E-state index in [-0.39, 0.29) is 11.3 Å². The lowest BCUT2D eigenvalue weighted by molar-refractivity contribution is -0.128. The van der Waals surface area contributed by atoms with Crippen molar-refractivity contribution in [2.24, 2.45) is 5.41 Å². The second-order valence-corrected chi connectivity index (χ2v) is 10.7. The van der Waals surface area contributed by atoms with Gasteiger partial charge in [-0.1, -0.05) is 32.0 Å². The molecule has 4 nitrogen and oxygen atoms in total. The predicted octanol–water partition coefficient (Wildman–Crippen LogP) is 5.90. The van der Waals surface area contributed by atoms with Gasteiger partial charge in [0.1, 0.15) is 0 Å². The van der Waals surface area contributed by atoms with Crippen LogP contribution < -0.4 is 5.32 Å². The predicted molar refractivity (Wildman–Crippen MR) is 139 cm³/mol. The van der Waals surface area contributed by atoms with Crippen LogP contribution in [0.2, 0.25) is 0 Å². The van der Waals surface area contributed by atoms with E-state index < -0.39 is 0 Å². The van der Waals surface area contributed by atoms with E-state index in [1.807, 2.05) is 22.4 Å². The fourth-order valence-electron chi connectivity index (χ4n) is 4.89. The van der Waals surface area contributed by atoms with Crippen molar-refractivity contribution in [2.75, 3.05) is 31.5 Å². The minimum Gasteiger partial charge on any atom is -0.348 e. The molecule has 32 heavy (non-hydrogen) atoms. The SMILES string of the molecule is Cc1cccc(C(C)C)c1NC(=S)N1CCC2(CCN(C(=O)/C=C/c3ccsc3)CC2)C1. The summed E-state index contributed by atoms with van der Waals surface area (Å²) in [5.74, 6) is 0.569. The number of rotatable bonds is 4. The highest BCUT2D eigenvalue weighted by Crippen LogP contribution is 2.41. The van der Waals surface area contributed by atoms with Crippen molar-refractivity contribution in [3.8, 4) is 0 Å². The van der Waals surface area contributed by atoms with E-state index >= 15 is 0 Å². The molecule has 2 aliphatic rings. The van der Waals surface area contributed by atoms with E-state index in [1.54, 1.807) is 17.4 Å². The van der Waals surface area contributed by atoms with Crippen LogP contribution in [0.3, 0.4) is 0 Å². The van der Waals surface area contributed by atoms with Gasteiger partial charge in [-0.3, -0.25) is 4.79 Å². The Kier molecular flexibility index (Phi) is 7.01. The average Bonchev–Trinajstić information content (AvgIpc) is 3.44. The lowest BCUT2D eigenvalue weighted by Crippen LogP contribution is -2.44. The molecule has 0 unspecified atom stereocenters. The normalized spacial score (nSPS) is 18.1. The first-order valence-electron chi connectivity index (χ1n) is 11.5. The van der Waals surface area contributed by atoms with Gasteiger partial charge in [0.15, 0.2) is 5.11 Å². The molecule has 4 rings (SSSR count). The number of carbonyl (C=O) groups excluding carboxylic acids is 1. The lowest BCUT2D eigenvalue weighted by Gasteiger charge is -2.39. The van der Waals surface area contributed by atoms with Crippen molar-refractivity contribution in [3.05, 3.63) is 57.8 Å². The Morgan fingerprint density at radius 2 is 1.88 bits per heavy atom. The van der Waals surface area contributed by atoms with Crippen LogP contribution in [-0.2, 0) is 4.79 Å². The number of para-hydroxylation sites is 1. The van der Waals surface area contributed by atoms with Crippen LogP contribution in [0.5, 0.6) is 0 Å². The first-order chi connectivity index (χ1) is 15.4. The average molecular weight is 468 g/mol. The summed E-state index contributed by atoms with van der Waals surface area (Å²) in [6.45, 7) is 10.2. The Balaban J connectivity index is 1.33. The highest BCUT2D eigenvalue weighted by atomic mass is 32.1. The number of likely N-dealkylation sites (tertiary alicyclic amines) is 2. The minimum atomic E-state index is 0.124. The Morgan fingerprint density at radius 3 is 2.53 bits per heavy atom. The largest absolute Gasteiger partial charge is 0.348 e. The molecule has 2 aromatic rings. The molecule has 170 valence electrons. The van der Waals surface area contributed by atoms with Crippen LogP contribution in [0, 0.1) is 12.3 Å². The zero-order chi connectivity index (χ0) is 22.7. The molecular weight excluding hydrogens is 434 g/mol. The van der Waals surface area contributed by atoms with Gasteiger partial charge < -0.3 is 15.1 Å². The number of amides is 1. The van der Waals surface area contributed by atoms with Crippen LogP contribution in [0.4, 0.5) is 5.69 Å². The number of hydrogen-bond donors (Lipinski definition) is 1. The van der Waals surface area contributed by atoms with Crippen molar-refractivity contribution in [1.82, 2.24) is 9.80 Å². The summed E-state index contributed by atoms with van der Waals surface area (Å²) in [6.07, 6.45) is 6.88. The molecule has 1 aromatic carbocycles. The number of nitrogens with zero attached hydrogens (tertiary/aromatic N) is 2. The Bertz CT molecular complexity index is 989. The third kappa shape index (κ3) is 5.07. The van der Waals surface area contributed by atoms with Gasteiger partial charge in [-0.15, -0.1) is 0 Å². The highest BCUT2D eigenvalue weighted by molar-refractivity contribution is 7.80. The van der Waals surface area contributed by atoms with Gasteiger partial charge >= 0.3 is 0 Å². The molecule has 0 bridgehead atoms. The van der Waals surface area contributed by atoms with Gasteiger partial charge in [0.05, 0.1) is 0 Å². The summed E-state index contributed by atoms with van der Waals surface area (Å²) in [6, 6.07) is 8.48. The molecule has 0 saturated carbocycles. The van der Waals surface area contributed by atoms with Gasteiger partial charge in [-0.05, 0) is 89.3 Å². The summed E-state index contributed by atoms with van der Waals surface area (Å²) in [5.41, 5.74) is 5.06. The van der Waals surface area contributed by atoms with E-state index in [9.17, 15) is 4.79 Å². The monoisotopic (exact) mass is 467 g/mol. The summed E-state index contributed by atoms with van der Waals surface area (Å²) in [5, 5.41) is 8.48. The second kappa shape index (κ2) is 9.75. The molecule has 2 saturated heterocycles. The van der Waals surface area contributed by atoms with Gasteiger partial charge in [0, 0.05) is 37.9 Å². The molecule has 0 radical (unpaired) electrons. The molecule has 1 spiro atoms. The van der Waals surface area contributed by atoms with Crippen molar-refractivity contribution < 1.29 is 4.79 Å². The summed E-state index contributed by atoms with van der Waals surface area (Å²) >= 11 is 7.48.